The minimum absolute atomic E-state index is 0.0778. The van der Waals surface area contributed by atoms with Gasteiger partial charge >= 0.3 is 0 Å². The molecule has 1 N–H and O–H groups in total. The van der Waals surface area contributed by atoms with Gasteiger partial charge in [-0.05, 0) is 30.5 Å². The van der Waals surface area contributed by atoms with Crippen molar-refractivity contribution in [2.24, 2.45) is 5.92 Å². The molecule has 28 heavy (non-hydrogen) atoms. The number of benzene rings is 1. The fraction of sp³-hybridized carbons (Fsp3) is 0.619. The normalized spacial score (nSPS) is 18.4. The lowest BCUT2D eigenvalue weighted by atomic mass is 10.1. The van der Waals surface area contributed by atoms with Crippen molar-refractivity contribution in [3.63, 3.8) is 0 Å². The second kappa shape index (κ2) is 11.1. The minimum atomic E-state index is 0.0778. The molecule has 0 bridgehead atoms. The van der Waals surface area contributed by atoms with Crippen molar-refractivity contribution in [3.05, 3.63) is 34.9 Å². The number of thioether (sulfide) groups is 1. The average Bonchev–Trinajstić information content (AvgIpc) is 3.24. The van der Waals surface area contributed by atoms with Gasteiger partial charge in [0, 0.05) is 56.0 Å². The van der Waals surface area contributed by atoms with E-state index in [-0.39, 0.29) is 11.8 Å². The van der Waals surface area contributed by atoms with E-state index in [0.717, 1.165) is 56.3 Å². The summed E-state index contributed by atoms with van der Waals surface area (Å²) in [4.78, 5) is 28.8. The van der Waals surface area contributed by atoms with Gasteiger partial charge in [0.2, 0.25) is 11.8 Å². The number of carbonyl (C=O) groups is 2. The molecule has 1 aliphatic heterocycles. The predicted octanol–water partition coefficient (Wildman–Crippen LogP) is 3.02. The van der Waals surface area contributed by atoms with Crippen LogP contribution >= 0.6 is 23.4 Å². The van der Waals surface area contributed by atoms with Gasteiger partial charge in [0.1, 0.15) is 0 Å². The summed E-state index contributed by atoms with van der Waals surface area (Å²) in [6, 6.07) is 7.73. The number of amides is 2. The van der Waals surface area contributed by atoms with Crippen LogP contribution in [0, 0.1) is 5.92 Å². The number of rotatable bonds is 8. The monoisotopic (exact) mass is 423 g/mol. The Kier molecular flexibility index (Phi) is 8.49. The molecular weight excluding hydrogens is 394 g/mol. The Hall–Kier alpha value is -1.24. The van der Waals surface area contributed by atoms with Crippen LogP contribution in [0.4, 0.5) is 0 Å². The summed E-state index contributed by atoms with van der Waals surface area (Å²) in [5, 5.41) is 3.73. The van der Waals surface area contributed by atoms with Crippen molar-refractivity contribution in [1.29, 1.82) is 0 Å². The lowest BCUT2D eigenvalue weighted by Crippen LogP contribution is -2.51. The average molecular weight is 424 g/mol. The fourth-order valence-corrected chi connectivity index (χ4v) is 4.81. The Morgan fingerprint density at radius 3 is 2.43 bits per heavy atom. The molecular formula is C21H30ClN3O2S. The number of hydrogen-bond acceptors (Lipinski definition) is 4. The van der Waals surface area contributed by atoms with Gasteiger partial charge in [0.05, 0.1) is 5.75 Å². The van der Waals surface area contributed by atoms with Crippen LogP contribution in [-0.4, -0.2) is 66.6 Å². The maximum atomic E-state index is 12.5. The molecule has 1 aromatic rings. The fourth-order valence-electron chi connectivity index (χ4n) is 3.87. The molecule has 0 unspecified atom stereocenters. The van der Waals surface area contributed by atoms with Gasteiger partial charge in [-0.1, -0.05) is 36.6 Å². The van der Waals surface area contributed by atoms with Crippen LogP contribution < -0.4 is 5.32 Å². The molecule has 2 amide bonds. The molecule has 2 aliphatic rings. The first-order valence-corrected chi connectivity index (χ1v) is 11.7. The summed E-state index contributed by atoms with van der Waals surface area (Å²) in [7, 11) is 0. The van der Waals surface area contributed by atoms with Crippen LogP contribution in [0.2, 0.25) is 5.02 Å². The lowest BCUT2D eigenvalue weighted by molar-refractivity contribution is -0.137. The van der Waals surface area contributed by atoms with E-state index in [4.69, 9.17) is 11.6 Å². The first-order chi connectivity index (χ1) is 13.6. The largest absolute Gasteiger partial charge is 0.354 e. The number of halogens is 1. The molecule has 1 aromatic carbocycles. The van der Waals surface area contributed by atoms with E-state index in [1.807, 2.05) is 29.2 Å². The first kappa shape index (κ1) is 21.5. The number of piperazine rings is 1. The van der Waals surface area contributed by atoms with Gasteiger partial charge in [-0.3, -0.25) is 14.5 Å². The molecule has 3 rings (SSSR count). The number of nitrogens with zero attached hydrogens (tertiary/aromatic N) is 2. The quantitative estimate of drug-likeness (QED) is 0.698. The van der Waals surface area contributed by atoms with E-state index in [2.05, 4.69) is 10.2 Å². The summed E-state index contributed by atoms with van der Waals surface area (Å²) in [6.07, 6.45) is 4.55. The highest BCUT2D eigenvalue weighted by molar-refractivity contribution is 7.99. The number of hydrogen-bond donors (Lipinski definition) is 1. The molecule has 2 fully saturated rings. The third-order valence-corrected chi connectivity index (χ3v) is 6.81. The second-order valence-corrected chi connectivity index (χ2v) is 9.04. The molecule has 0 radical (unpaired) electrons. The summed E-state index contributed by atoms with van der Waals surface area (Å²) >= 11 is 7.49. The van der Waals surface area contributed by atoms with E-state index in [0.29, 0.717) is 18.2 Å². The summed E-state index contributed by atoms with van der Waals surface area (Å²) in [6.45, 7) is 4.95. The second-order valence-electron chi connectivity index (χ2n) is 7.62. The van der Waals surface area contributed by atoms with Gasteiger partial charge < -0.3 is 10.2 Å². The molecule has 0 spiro atoms. The molecule has 1 heterocycles. The van der Waals surface area contributed by atoms with Gasteiger partial charge in [-0.15, -0.1) is 11.8 Å². The van der Waals surface area contributed by atoms with Crippen molar-refractivity contribution in [1.82, 2.24) is 15.1 Å². The Morgan fingerprint density at radius 2 is 1.75 bits per heavy atom. The highest BCUT2D eigenvalue weighted by Crippen LogP contribution is 2.26. The van der Waals surface area contributed by atoms with Crippen LogP contribution in [0.5, 0.6) is 0 Å². The smallest absolute Gasteiger partial charge is 0.230 e. The topological polar surface area (TPSA) is 52.7 Å². The van der Waals surface area contributed by atoms with E-state index in [1.165, 1.54) is 18.4 Å². The highest BCUT2D eigenvalue weighted by Gasteiger charge is 2.29. The Balaban J connectivity index is 1.24. The van der Waals surface area contributed by atoms with E-state index >= 15 is 0 Å². The van der Waals surface area contributed by atoms with Gasteiger partial charge in [0.15, 0.2) is 0 Å². The van der Waals surface area contributed by atoms with Crippen molar-refractivity contribution in [2.75, 3.05) is 45.0 Å². The van der Waals surface area contributed by atoms with Crippen LogP contribution in [0.3, 0.4) is 0 Å². The molecule has 1 aliphatic carbocycles. The summed E-state index contributed by atoms with van der Waals surface area (Å²) in [5.74, 6) is 1.99. The first-order valence-electron chi connectivity index (χ1n) is 10.2. The standard InChI is InChI=1S/C21H30ClN3O2S/c22-19-7-5-17(6-8-19)15-28-16-20(26)23-9-10-24-11-13-25(14-12-24)21(27)18-3-1-2-4-18/h5-8,18H,1-4,9-16H2,(H,23,26). The molecule has 7 heteroatoms. The van der Waals surface area contributed by atoms with Gasteiger partial charge in [-0.2, -0.15) is 0 Å². The van der Waals surface area contributed by atoms with Crippen molar-refractivity contribution in [3.8, 4) is 0 Å². The number of carbonyl (C=O) groups excluding carboxylic acids is 2. The number of nitrogens with one attached hydrogen (secondary N) is 1. The van der Waals surface area contributed by atoms with Crippen LogP contribution in [0.15, 0.2) is 24.3 Å². The van der Waals surface area contributed by atoms with Gasteiger partial charge in [-0.25, -0.2) is 0 Å². The van der Waals surface area contributed by atoms with Crippen molar-refractivity contribution >= 4 is 35.2 Å². The van der Waals surface area contributed by atoms with Crippen molar-refractivity contribution in [2.45, 2.75) is 31.4 Å². The predicted molar refractivity (Wildman–Crippen MR) is 116 cm³/mol. The zero-order valence-electron chi connectivity index (χ0n) is 16.4. The van der Waals surface area contributed by atoms with E-state index in [1.54, 1.807) is 11.8 Å². The van der Waals surface area contributed by atoms with Crippen LogP contribution in [0.1, 0.15) is 31.2 Å². The lowest BCUT2D eigenvalue weighted by Gasteiger charge is -2.36. The zero-order chi connectivity index (χ0) is 19.8. The summed E-state index contributed by atoms with van der Waals surface area (Å²) < 4.78 is 0. The molecule has 1 saturated carbocycles. The molecule has 0 atom stereocenters. The third-order valence-electron chi connectivity index (χ3n) is 5.55. The minimum Gasteiger partial charge on any atom is -0.354 e. The van der Waals surface area contributed by atoms with E-state index < -0.39 is 0 Å². The van der Waals surface area contributed by atoms with Crippen LogP contribution in [-0.2, 0) is 15.3 Å². The van der Waals surface area contributed by atoms with Crippen LogP contribution in [0.25, 0.3) is 0 Å². The molecule has 154 valence electrons. The Bertz CT molecular complexity index is 642. The zero-order valence-corrected chi connectivity index (χ0v) is 17.9. The summed E-state index contributed by atoms with van der Waals surface area (Å²) in [5.41, 5.74) is 1.17. The molecule has 1 saturated heterocycles. The maximum Gasteiger partial charge on any atom is 0.230 e. The van der Waals surface area contributed by atoms with Crippen molar-refractivity contribution < 1.29 is 9.59 Å². The molecule has 0 aromatic heterocycles. The SMILES string of the molecule is O=C(CSCc1ccc(Cl)cc1)NCCN1CCN(C(=O)C2CCCC2)CC1. The molecule has 5 nitrogen and oxygen atoms in total. The third kappa shape index (κ3) is 6.68. The Labute approximate surface area is 177 Å². The van der Waals surface area contributed by atoms with E-state index in [9.17, 15) is 9.59 Å². The Morgan fingerprint density at radius 1 is 1.07 bits per heavy atom. The maximum absolute atomic E-state index is 12.5. The van der Waals surface area contributed by atoms with Gasteiger partial charge in [0.25, 0.3) is 0 Å². The highest BCUT2D eigenvalue weighted by atomic mass is 35.5.